The molecule has 0 radical (unpaired) electrons. The Bertz CT molecular complexity index is 415. The quantitative estimate of drug-likeness (QED) is 0.785. The minimum atomic E-state index is -0.213. The van der Waals surface area contributed by atoms with Crippen LogP contribution in [0.5, 0.6) is 0 Å². The summed E-state index contributed by atoms with van der Waals surface area (Å²) in [5.41, 5.74) is 6.55. The molecule has 114 valence electrons. The van der Waals surface area contributed by atoms with Crippen molar-refractivity contribution in [3.05, 3.63) is 34.1 Å². The van der Waals surface area contributed by atoms with E-state index in [9.17, 15) is 4.39 Å². The first-order chi connectivity index (χ1) is 9.49. The highest BCUT2D eigenvalue weighted by molar-refractivity contribution is 9.10. The molecule has 1 atom stereocenters. The summed E-state index contributed by atoms with van der Waals surface area (Å²) in [5, 5.41) is 0. The number of nitrogens with zero attached hydrogens (tertiary/aromatic N) is 1. The van der Waals surface area contributed by atoms with Crippen LogP contribution in [0.1, 0.15) is 25.5 Å². The van der Waals surface area contributed by atoms with E-state index < -0.39 is 0 Å². The molecule has 0 saturated heterocycles. The third kappa shape index (κ3) is 5.13. The number of rotatable bonds is 8. The molecule has 0 amide bonds. The molecule has 0 aliphatic heterocycles. The zero-order valence-corrected chi connectivity index (χ0v) is 14.0. The standard InChI is InChI=1S/C15H24BrFN2O/c1-11(2)10-19(6-7-20-3)15(9-18)13-8-12(16)4-5-14(13)17/h4-5,8,11,15H,6-7,9-10,18H2,1-3H3. The summed E-state index contributed by atoms with van der Waals surface area (Å²) in [6, 6.07) is 4.86. The first-order valence-corrected chi connectivity index (χ1v) is 7.66. The van der Waals surface area contributed by atoms with Gasteiger partial charge in [0.1, 0.15) is 5.82 Å². The zero-order valence-electron chi connectivity index (χ0n) is 12.4. The van der Waals surface area contributed by atoms with Gasteiger partial charge in [-0.05, 0) is 24.1 Å². The molecule has 20 heavy (non-hydrogen) atoms. The first kappa shape index (κ1) is 17.6. The lowest BCUT2D eigenvalue weighted by atomic mass is 10.0. The van der Waals surface area contributed by atoms with E-state index in [0.29, 0.717) is 24.6 Å². The van der Waals surface area contributed by atoms with E-state index in [1.807, 2.05) is 6.07 Å². The second kappa shape index (κ2) is 8.72. The maximum absolute atomic E-state index is 14.1. The Labute approximate surface area is 129 Å². The number of nitrogens with two attached hydrogens (primary N) is 1. The van der Waals surface area contributed by atoms with Crippen LogP contribution in [-0.4, -0.2) is 38.3 Å². The van der Waals surface area contributed by atoms with Gasteiger partial charge in [0.25, 0.3) is 0 Å². The van der Waals surface area contributed by atoms with Crippen molar-refractivity contribution in [2.75, 3.05) is 33.4 Å². The van der Waals surface area contributed by atoms with Gasteiger partial charge < -0.3 is 10.5 Å². The van der Waals surface area contributed by atoms with Crippen molar-refractivity contribution in [1.29, 1.82) is 0 Å². The minimum Gasteiger partial charge on any atom is -0.383 e. The molecule has 0 spiro atoms. The second-order valence-electron chi connectivity index (χ2n) is 5.30. The Hall–Kier alpha value is -0.490. The summed E-state index contributed by atoms with van der Waals surface area (Å²) in [5.74, 6) is 0.269. The van der Waals surface area contributed by atoms with Gasteiger partial charge in [-0.25, -0.2) is 4.39 Å². The third-order valence-corrected chi connectivity index (χ3v) is 3.66. The predicted molar refractivity (Wildman–Crippen MR) is 84.2 cm³/mol. The molecule has 1 aromatic carbocycles. The normalized spacial score (nSPS) is 13.2. The number of hydrogen-bond acceptors (Lipinski definition) is 3. The van der Waals surface area contributed by atoms with Gasteiger partial charge in [0.2, 0.25) is 0 Å². The fourth-order valence-electron chi connectivity index (χ4n) is 2.29. The van der Waals surface area contributed by atoms with E-state index in [1.54, 1.807) is 13.2 Å². The number of benzene rings is 1. The van der Waals surface area contributed by atoms with E-state index in [1.165, 1.54) is 6.07 Å². The molecule has 2 N–H and O–H groups in total. The molecule has 0 aliphatic carbocycles. The SMILES string of the molecule is COCCN(CC(C)C)C(CN)c1cc(Br)ccc1F. The van der Waals surface area contributed by atoms with Crippen LogP contribution in [0.4, 0.5) is 4.39 Å². The Kier molecular flexibility index (Phi) is 7.66. The fourth-order valence-corrected chi connectivity index (χ4v) is 2.67. The van der Waals surface area contributed by atoms with Gasteiger partial charge in [0.05, 0.1) is 12.6 Å². The molecule has 3 nitrogen and oxygen atoms in total. The molecule has 5 heteroatoms. The van der Waals surface area contributed by atoms with E-state index in [2.05, 4.69) is 34.7 Å². The van der Waals surface area contributed by atoms with Crippen LogP contribution in [-0.2, 0) is 4.74 Å². The molecule has 0 bridgehead atoms. The van der Waals surface area contributed by atoms with Gasteiger partial charge in [-0.15, -0.1) is 0 Å². The van der Waals surface area contributed by atoms with Crippen LogP contribution in [0.15, 0.2) is 22.7 Å². The predicted octanol–water partition coefficient (Wildman–Crippen LogP) is 3.19. The average molecular weight is 347 g/mol. The number of methoxy groups -OCH3 is 1. The van der Waals surface area contributed by atoms with Gasteiger partial charge in [-0.3, -0.25) is 4.90 Å². The molecule has 0 aromatic heterocycles. The first-order valence-electron chi connectivity index (χ1n) is 6.87. The van der Waals surface area contributed by atoms with E-state index in [0.717, 1.165) is 17.6 Å². The molecule has 1 rings (SSSR count). The van der Waals surface area contributed by atoms with Gasteiger partial charge >= 0.3 is 0 Å². The fraction of sp³-hybridized carbons (Fsp3) is 0.600. The zero-order chi connectivity index (χ0) is 15.1. The highest BCUT2D eigenvalue weighted by Crippen LogP contribution is 2.26. The lowest BCUT2D eigenvalue weighted by Gasteiger charge is -2.32. The average Bonchev–Trinajstić information content (AvgIpc) is 2.40. The molecule has 0 aliphatic rings. The van der Waals surface area contributed by atoms with Crippen molar-refractivity contribution < 1.29 is 9.13 Å². The van der Waals surface area contributed by atoms with Crippen molar-refractivity contribution >= 4 is 15.9 Å². The van der Waals surface area contributed by atoms with Gasteiger partial charge in [-0.1, -0.05) is 29.8 Å². The van der Waals surface area contributed by atoms with Crippen LogP contribution >= 0.6 is 15.9 Å². The second-order valence-corrected chi connectivity index (χ2v) is 6.21. The molecule has 0 saturated carbocycles. The van der Waals surface area contributed by atoms with Crippen molar-refractivity contribution in [1.82, 2.24) is 4.90 Å². The lowest BCUT2D eigenvalue weighted by molar-refractivity contribution is 0.110. The van der Waals surface area contributed by atoms with Gasteiger partial charge in [0, 0.05) is 36.8 Å². The van der Waals surface area contributed by atoms with Gasteiger partial charge in [-0.2, -0.15) is 0 Å². The van der Waals surface area contributed by atoms with Crippen LogP contribution in [0, 0.1) is 11.7 Å². The summed E-state index contributed by atoms with van der Waals surface area (Å²) in [6.45, 7) is 6.87. The number of ether oxygens (including phenoxy) is 1. The highest BCUT2D eigenvalue weighted by atomic mass is 79.9. The topological polar surface area (TPSA) is 38.5 Å². The Morgan fingerprint density at radius 1 is 1.40 bits per heavy atom. The molecule has 0 fully saturated rings. The number of hydrogen-bond donors (Lipinski definition) is 1. The third-order valence-electron chi connectivity index (χ3n) is 3.16. The van der Waals surface area contributed by atoms with E-state index >= 15 is 0 Å². The Balaban J connectivity index is 3.01. The van der Waals surface area contributed by atoms with Crippen LogP contribution in [0.2, 0.25) is 0 Å². The largest absolute Gasteiger partial charge is 0.383 e. The van der Waals surface area contributed by atoms with Crippen LogP contribution in [0.3, 0.4) is 0 Å². The molecular formula is C15H24BrFN2O. The highest BCUT2D eigenvalue weighted by Gasteiger charge is 2.22. The van der Waals surface area contributed by atoms with Crippen LogP contribution in [0.25, 0.3) is 0 Å². The van der Waals surface area contributed by atoms with Crippen molar-refractivity contribution in [2.45, 2.75) is 19.9 Å². The van der Waals surface area contributed by atoms with Crippen LogP contribution < -0.4 is 5.73 Å². The molecule has 1 unspecified atom stereocenters. The van der Waals surface area contributed by atoms with Crippen molar-refractivity contribution in [3.8, 4) is 0 Å². The maximum atomic E-state index is 14.1. The summed E-state index contributed by atoms with van der Waals surface area (Å²) >= 11 is 3.40. The minimum absolute atomic E-state index is 0.134. The number of halogens is 2. The summed E-state index contributed by atoms with van der Waals surface area (Å²) in [6.07, 6.45) is 0. The smallest absolute Gasteiger partial charge is 0.128 e. The summed E-state index contributed by atoms with van der Waals surface area (Å²) < 4.78 is 20.1. The Morgan fingerprint density at radius 3 is 2.65 bits per heavy atom. The van der Waals surface area contributed by atoms with Crippen molar-refractivity contribution in [2.24, 2.45) is 11.7 Å². The molecule has 1 aromatic rings. The summed E-state index contributed by atoms with van der Waals surface area (Å²) in [7, 11) is 1.67. The van der Waals surface area contributed by atoms with Gasteiger partial charge in [0.15, 0.2) is 0 Å². The Morgan fingerprint density at radius 2 is 2.10 bits per heavy atom. The van der Waals surface area contributed by atoms with E-state index in [4.69, 9.17) is 10.5 Å². The summed E-state index contributed by atoms with van der Waals surface area (Å²) in [4.78, 5) is 2.19. The monoisotopic (exact) mass is 346 g/mol. The lowest BCUT2D eigenvalue weighted by Crippen LogP contribution is -2.38. The molecular weight excluding hydrogens is 323 g/mol. The molecule has 0 heterocycles. The van der Waals surface area contributed by atoms with Crippen molar-refractivity contribution in [3.63, 3.8) is 0 Å². The maximum Gasteiger partial charge on any atom is 0.128 e. The van der Waals surface area contributed by atoms with E-state index in [-0.39, 0.29) is 11.9 Å².